The van der Waals surface area contributed by atoms with Gasteiger partial charge in [0.2, 0.25) is 47.3 Å². The highest BCUT2D eigenvalue weighted by atomic mass is 79.9. The molecule has 0 aromatic carbocycles. The van der Waals surface area contributed by atoms with Gasteiger partial charge >= 0.3 is 0 Å². The lowest BCUT2D eigenvalue weighted by atomic mass is 9.78. The van der Waals surface area contributed by atoms with Gasteiger partial charge in [-0.2, -0.15) is 0 Å². The third-order valence-corrected chi connectivity index (χ3v) is 9.28. The molecule has 0 radical (unpaired) electrons. The highest BCUT2D eigenvalue weighted by Crippen LogP contribution is 2.30. The molecule has 8 amide bonds. The van der Waals surface area contributed by atoms with Crippen molar-refractivity contribution >= 4 is 75.6 Å². The number of primary amides is 1. The van der Waals surface area contributed by atoms with Crippen LogP contribution in [0.4, 0.5) is 0 Å². The molecule has 11 N–H and O–H groups in total. The van der Waals surface area contributed by atoms with E-state index in [1.54, 1.807) is 20.8 Å². The van der Waals surface area contributed by atoms with E-state index in [0.29, 0.717) is 70.5 Å². The Hall–Kier alpha value is -5.41. The van der Waals surface area contributed by atoms with Crippen molar-refractivity contribution < 1.29 is 38.4 Å². The molecule has 0 aliphatic rings. The summed E-state index contributed by atoms with van der Waals surface area (Å²) in [5.41, 5.74) is 26.1. The average molecular weight is 1010 g/mol. The first-order valence-corrected chi connectivity index (χ1v) is 22.3. The van der Waals surface area contributed by atoms with Crippen molar-refractivity contribution in [1.82, 2.24) is 37.2 Å². The molecule has 0 rings (SSSR count). The normalized spacial score (nSPS) is 10.8. The number of rotatable bonds is 34. The van der Waals surface area contributed by atoms with Crippen molar-refractivity contribution in [3.8, 4) is 0 Å². The second-order valence-electron chi connectivity index (χ2n) is 14.8. The molecular weight excluding hydrogens is 934 g/mol. The van der Waals surface area contributed by atoms with Gasteiger partial charge in [0.05, 0.1) is 5.33 Å². The average Bonchev–Trinajstić information content (AvgIpc) is 3.27. The van der Waals surface area contributed by atoms with Crippen LogP contribution in [0, 0.1) is 17.3 Å². The number of halogens is 2. The molecule has 370 valence electrons. The van der Waals surface area contributed by atoms with E-state index >= 15 is 0 Å². The summed E-state index contributed by atoms with van der Waals surface area (Å²) in [5, 5.41) is 25.7. The summed E-state index contributed by atoms with van der Waals surface area (Å²) in [6, 6.07) is 0. The van der Waals surface area contributed by atoms with Gasteiger partial charge in [-0.05, 0) is 93.8 Å². The minimum atomic E-state index is -0.817. The SMILES string of the molecule is C=CC(=O)NCCCCCNC(=O)CBr.C=CC(=O)NCCCCCNC(=O)CN=[N+]=[N-].CC(CC(CC(C)(C)C(=O)NCCN)C(=O)NCCCCCNC(=O)CN=[N+]=[N-])C(N)=O.Cl. The fraction of sp³-hybridized carbons (Fsp3) is 0.700. The Kier molecular flexibility index (Phi) is 46.0. The Bertz CT molecular complexity index is 1540. The van der Waals surface area contributed by atoms with Crippen molar-refractivity contribution in [2.24, 2.45) is 38.9 Å². The van der Waals surface area contributed by atoms with Crippen molar-refractivity contribution in [1.29, 1.82) is 0 Å². The number of amides is 8. The van der Waals surface area contributed by atoms with Crippen LogP contribution in [0.25, 0.3) is 20.9 Å². The smallest absolute Gasteiger partial charge is 0.243 e. The number of azide groups is 2. The molecule has 0 saturated carbocycles. The van der Waals surface area contributed by atoms with Crippen LogP contribution in [0.3, 0.4) is 0 Å². The van der Waals surface area contributed by atoms with Crippen LogP contribution < -0.4 is 48.7 Å². The molecule has 0 fully saturated rings. The van der Waals surface area contributed by atoms with Gasteiger partial charge in [0.1, 0.15) is 13.1 Å². The Labute approximate surface area is 397 Å². The topological polar surface area (TPSA) is 370 Å². The van der Waals surface area contributed by atoms with E-state index in [9.17, 15) is 38.4 Å². The summed E-state index contributed by atoms with van der Waals surface area (Å²) in [4.78, 5) is 96.3. The Morgan fingerprint density at radius 2 is 1.03 bits per heavy atom. The molecule has 0 heterocycles. The van der Waals surface area contributed by atoms with Gasteiger partial charge in [-0.1, -0.05) is 60.1 Å². The molecular formula is C40H73BrClN15O8. The van der Waals surface area contributed by atoms with Gasteiger partial charge in [0.15, 0.2) is 0 Å². The van der Waals surface area contributed by atoms with Crippen LogP contribution in [-0.4, -0.2) is 118 Å². The molecule has 0 aliphatic heterocycles. The predicted molar refractivity (Wildman–Crippen MR) is 256 cm³/mol. The van der Waals surface area contributed by atoms with Crippen molar-refractivity contribution in [3.63, 3.8) is 0 Å². The minimum absolute atomic E-state index is 0. The van der Waals surface area contributed by atoms with Crippen LogP contribution in [0.15, 0.2) is 35.5 Å². The number of carbonyl (C=O) groups excluding carboxylic acids is 8. The number of nitrogens with two attached hydrogens (primary N) is 2. The molecule has 23 nitrogen and oxygen atoms in total. The van der Waals surface area contributed by atoms with Gasteiger partial charge in [0, 0.05) is 79.4 Å². The molecule has 0 aliphatic carbocycles. The summed E-state index contributed by atoms with van der Waals surface area (Å²) < 4.78 is 0. The molecule has 65 heavy (non-hydrogen) atoms. The highest BCUT2D eigenvalue weighted by Gasteiger charge is 2.35. The highest BCUT2D eigenvalue weighted by molar-refractivity contribution is 9.09. The fourth-order valence-electron chi connectivity index (χ4n) is 5.20. The first kappa shape index (κ1) is 66.2. The maximum Gasteiger partial charge on any atom is 0.243 e. The molecule has 0 spiro atoms. The van der Waals surface area contributed by atoms with Crippen molar-refractivity contribution in [2.75, 3.05) is 70.8 Å². The van der Waals surface area contributed by atoms with Crippen LogP contribution >= 0.6 is 28.3 Å². The van der Waals surface area contributed by atoms with Gasteiger partial charge in [-0.3, -0.25) is 38.4 Å². The van der Waals surface area contributed by atoms with E-state index in [1.807, 2.05) is 0 Å². The molecule has 0 aromatic heterocycles. The second kappa shape index (κ2) is 45.2. The maximum absolute atomic E-state index is 12.8. The Morgan fingerprint density at radius 3 is 1.38 bits per heavy atom. The zero-order valence-corrected chi connectivity index (χ0v) is 40.6. The van der Waals surface area contributed by atoms with Crippen LogP contribution in [0.1, 0.15) is 91.4 Å². The zero-order chi connectivity index (χ0) is 49.0. The summed E-state index contributed by atoms with van der Waals surface area (Å²) >= 11 is 3.06. The molecule has 2 atom stereocenters. The lowest BCUT2D eigenvalue weighted by Gasteiger charge is -2.29. The lowest BCUT2D eigenvalue weighted by Crippen LogP contribution is -2.43. The summed E-state index contributed by atoms with van der Waals surface area (Å²) in [7, 11) is 0. The summed E-state index contributed by atoms with van der Waals surface area (Å²) in [6.07, 6.45) is 10.6. The molecule has 0 saturated heterocycles. The van der Waals surface area contributed by atoms with Crippen molar-refractivity contribution in [3.05, 3.63) is 46.2 Å². The monoisotopic (exact) mass is 1010 g/mol. The van der Waals surface area contributed by atoms with Gasteiger partial charge in [-0.15, -0.1) is 12.4 Å². The Balaban J connectivity index is -0.000000474. The predicted octanol–water partition coefficient (Wildman–Crippen LogP) is 2.60. The van der Waals surface area contributed by atoms with E-state index in [0.717, 1.165) is 44.9 Å². The number of alkyl halides is 1. The van der Waals surface area contributed by atoms with E-state index in [-0.39, 0.29) is 79.7 Å². The number of hydrogen-bond donors (Lipinski definition) is 9. The first-order chi connectivity index (χ1) is 30.4. The van der Waals surface area contributed by atoms with Crippen LogP contribution in [0.2, 0.25) is 0 Å². The first-order valence-electron chi connectivity index (χ1n) is 21.2. The van der Waals surface area contributed by atoms with Gasteiger partial charge in [-0.25, -0.2) is 0 Å². The number of nitrogens with zero attached hydrogens (tertiary/aromatic N) is 6. The fourth-order valence-corrected chi connectivity index (χ4v) is 5.40. The molecule has 25 heteroatoms. The van der Waals surface area contributed by atoms with E-state index in [1.165, 1.54) is 12.2 Å². The van der Waals surface area contributed by atoms with Gasteiger partial charge < -0.3 is 48.7 Å². The molecule has 0 bridgehead atoms. The molecule has 2 unspecified atom stereocenters. The third kappa shape index (κ3) is 43.6. The number of hydrogen-bond acceptors (Lipinski definition) is 11. The van der Waals surface area contributed by atoms with Gasteiger partial charge in [0.25, 0.3) is 0 Å². The summed E-state index contributed by atoms with van der Waals surface area (Å²) in [6.45, 7) is 15.6. The Morgan fingerprint density at radius 1 is 0.646 bits per heavy atom. The van der Waals surface area contributed by atoms with Crippen LogP contribution in [-0.2, 0) is 38.4 Å². The number of nitrogens with one attached hydrogen (secondary N) is 7. The zero-order valence-electron chi connectivity index (χ0n) is 38.2. The molecule has 0 aromatic rings. The largest absolute Gasteiger partial charge is 0.369 e. The van der Waals surface area contributed by atoms with E-state index in [4.69, 9.17) is 22.5 Å². The number of carbonyl (C=O) groups is 8. The lowest BCUT2D eigenvalue weighted by molar-refractivity contribution is -0.133. The minimum Gasteiger partial charge on any atom is -0.369 e. The quantitative estimate of drug-likeness (QED) is 0.0114. The second-order valence-corrected chi connectivity index (χ2v) is 15.4. The van der Waals surface area contributed by atoms with Crippen molar-refractivity contribution in [2.45, 2.75) is 91.4 Å². The third-order valence-electron chi connectivity index (χ3n) is 8.77. The number of unbranched alkanes of at least 4 members (excludes halogenated alkanes) is 6. The summed E-state index contributed by atoms with van der Waals surface area (Å²) in [5.74, 6) is -2.86. The standard InChI is InChI=1S/C20H38N8O4.C10H17BrN2O2.C10H17N5O2.ClH/c1-14(17(22)30)11-15(12-20(2,3)19(32)26-10-7-21)18(31)25-9-6-4-5-8-24-16(29)13-27-28-23;1-2-9(14)12-6-4-3-5-7-13-10(15)8-11;1-2-9(16)12-6-4-3-5-7-13-10(17)8-14-15-11;/h14-15H,4-13,21H2,1-3H3,(H2,22,30)(H,24,29)(H,25,31)(H,26,32);2H,1,3-8H2,(H,12,14)(H,13,15);2H,1,3-8H2,(H,12,16)(H,13,17);1H. The van der Waals surface area contributed by atoms with E-state index < -0.39 is 23.2 Å². The van der Waals surface area contributed by atoms with E-state index in [2.05, 4.69) is 86.4 Å². The maximum atomic E-state index is 12.8. The van der Waals surface area contributed by atoms with Crippen LogP contribution in [0.5, 0.6) is 0 Å².